The maximum Gasteiger partial charge on any atom is 0.269 e. The van der Waals surface area contributed by atoms with E-state index >= 15 is 0 Å². The van der Waals surface area contributed by atoms with E-state index in [1.807, 2.05) is 41.1 Å². The number of hydrogen-bond acceptors (Lipinski definition) is 3. The van der Waals surface area contributed by atoms with E-state index in [9.17, 15) is 10.1 Å². The van der Waals surface area contributed by atoms with Gasteiger partial charge in [0.25, 0.3) is 5.69 Å². The second-order valence-electron chi connectivity index (χ2n) is 5.23. The Morgan fingerprint density at radius 2 is 1.65 bits per heavy atom. The highest BCUT2D eigenvalue weighted by atomic mass is 16.6. The normalized spacial score (nSPS) is 10.6. The van der Waals surface area contributed by atoms with Crippen molar-refractivity contribution in [3.63, 3.8) is 0 Å². The molecule has 1 N–H and O–H groups in total. The summed E-state index contributed by atoms with van der Waals surface area (Å²) in [6, 6.07) is 20.8. The maximum absolute atomic E-state index is 10.7. The summed E-state index contributed by atoms with van der Waals surface area (Å²) in [6.07, 6.45) is 1.96. The van der Waals surface area contributed by atoms with Crippen LogP contribution in [-0.2, 0) is 13.1 Å². The number of hydrogen-bond donors (Lipinski definition) is 1. The van der Waals surface area contributed by atoms with Gasteiger partial charge in [0.1, 0.15) is 0 Å². The van der Waals surface area contributed by atoms with Crippen LogP contribution < -0.4 is 5.32 Å². The van der Waals surface area contributed by atoms with Crippen molar-refractivity contribution in [1.29, 1.82) is 0 Å². The molecule has 0 unspecified atom stereocenters. The minimum Gasteiger partial charge on any atom is -0.320 e. The molecule has 0 aliphatic rings. The minimum atomic E-state index is -0.387. The van der Waals surface area contributed by atoms with Crippen LogP contribution in [0.4, 0.5) is 5.69 Å². The zero-order valence-electron chi connectivity index (χ0n) is 12.6. The highest BCUT2D eigenvalue weighted by molar-refractivity contribution is 5.42. The number of rotatable bonds is 6. The van der Waals surface area contributed by atoms with Crippen LogP contribution in [0.5, 0.6) is 0 Å². The highest BCUT2D eigenvalue weighted by Gasteiger charge is 2.07. The van der Waals surface area contributed by atoms with Crippen molar-refractivity contribution in [3.05, 3.63) is 94.3 Å². The molecule has 2 aromatic carbocycles. The Kier molecular flexibility index (Phi) is 4.49. The smallest absolute Gasteiger partial charge is 0.269 e. The molecule has 0 amide bonds. The second kappa shape index (κ2) is 6.89. The first-order valence-corrected chi connectivity index (χ1v) is 7.40. The molecule has 3 rings (SSSR count). The largest absolute Gasteiger partial charge is 0.320 e. The molecule has 0 radical (unpaired) electrons. The van der Waals surface area contributed by atoms with Crippen LogP contribution in [0.2, 0.25) is 0 Å². The van der Waals surface area contributed by atoms with E-state index in [0.717, 1.165) is 24.5 Å². The van der Waals surface area contributed by atoms with E-state index in [-0.39, 0.29) is 10.6 Å². The average molecular weight is 307 g/mol. The predicted octanol–water partition coefficient (Wildman–Crippen LogP) is 3.68. The Labute approximate surface area is 134 Å². The monoisotopic (exact) mass is 307 g/mol. The van der Waals surface area contributed by atoms with Gasteiger partial charge in [0.15, 0.2) is 0 Å². The van der Waals surface area contributed by atoms with Crippen molar-refractivity contribution >= 4 is 5.69 Å². The molecule has 0 saturated carbocycles. The standard InChI is InChI=1S/C18H17N3O2/c22-21(23)17-10-8-16(9-11-17)20-12-4-7-18(20)14-19-13-15-5-2-1-3-6-15/h1-12,19H,13-14H2. The lowest BCUT2D eigenvalue weighted by Gasteiger charge is -2.10. The molecule has 0 aliphatic heterocycles. The fourth-order valence-electron chi connectivity index (χ4n) is 2.48. The molecule has 0 spiro atoms. The average Bonchev–Trinajstić information content (AvgIpc) is 3.04. The van der Waals surface area contributed by atoms with E-state index in [1.54, 1.807) is 12.1 Å². The van der Waals surface area contributed by atoms with Gasteiger partial charge >= 0.3 is 0 Å². The minimum absolute atomic E-state index is 0.102. The van der Waals surface area contributed by atoms with Crippen LogP contribution >= 0.6 is 0 Å². The molecular weight excluding hydrogens is 290 g/mol. The van der Waals surface area contributed by atoms with Crippen LogP contribution in [-0.4, -0.2) is 9.49 Å². The number of nitrogens with zero attached hydrogens (tertiary/aromatic N) is 2. The third-order valence-electron chi connectivity index (χ3n) is 3.65. The molecule has 1 heterocycles. The molecule has 0 saturated heterocycles. The summed E-state index contributed by atoms with van der Waals surface area (Å²) >= 11 is 0. The van der Waals surface area contributed by atoms with Gasteiger partial charge in [0, 0.05) is 42.8 Å². The first kappa shape index (κ1) is 15.0. The van der Waals surface area contributed by atoms with Gasteiger partial charge < -0.3 is 9.88 Å². The molecule has 0 atom stereocenters. The Balaban J connectivity index is 1.68. The fourth-order valence-corrected chi connectivity index (χ4v) is 2.48. The van der Waals surface area contributed by atoms with Gasteiger partial charge in [-0.1, -0.05) is 30.3 Å². The van der Waals surface area contributed by atoms with Gasteiger partial charge in [-0.2, -0.15) is 0 Å². The molecule has 1 aromatic heterocycles. The van der Waals surface area contributed by atoms with Crippen LogP contribution in [0.1, 0.15) is 11.3 Å². The number of nitrogens with one attached hydrogen (secondary N) is 1. The molecule has 5 heteroatoms. The summed E-state index contributed by atoms with van der Waals surface area (Å²) in [5.41, 5.74) is 3.36. The third-order valence-corrected chi connectivity index (χ3v) is 3.65. The van der Waals surface area contributed by atoms with Gasteiger partial charge in [0.2, 0.25) is 0 Å². The van der Waals surface area contributed by atoms with E-state index in [4.69, 9.17) is 0 Å². The third kappa shape index (κ3) is 3.64. The number of nitro benzene ring substituents is 1. The Morgan fingerprint density at radius 1 is 0.913 bits per heavy atom. The van der Waals surface area contributed by atoms with Crippen molar-refractivity contribution in [2.75, 3.05) is 0 Å². The van der Waals surface area contributed by atoms with E-state index in [1.165, 1.54) is 17.7 Å². The molecule has 23 heavy (non-hydrogen) atoms. The number of aromatic nitrogens is 1. The van der Waals surface area contributed by atoms with Crippen molar-refractivity contribution in [2.45, 2.75) is 13.1 Å². The molecule has 0 aliphatic carbocycles. The van der Waals surface area contributed by atoms with Crippen molar-refractivity contribution < 1.29 is 4.92 Å². The van der Waals surface area contributed by atoms with Gasteiger partial charge in [-0.25, -0.2) is 0 Å². The Hall–Kier alpha value is -2.92. The van der Waals surface area contributed by atoms with Crippen LogP contribution in [0.15, 0.2) is 72.9 Å². The first-order valence-electron chi connectivity index (χ1n) is 7.40. The van der Waals surface area contributed by atoms with Crippen molar-refractivity contribution in [3.8, 4) is 5.69 Å². The van der Waals surface area contributed by atoms with Gasteiger partial charge in [-0.3, -0.25) is 10.1 Å². The molecule has 0 bridgehead atoms. The van der Waals surface area contributed by atoms with Crippen molar-refractivity contribution in [2.24, 2.45) is 0 Å². The summed E-state index contributed by atoms with van der Waals surface area (Å²) in [5, 5.41) is 14.1. The molecule has 5 nitrogen and oxygen atoms in total. The van der Waals surface area contributed by atoms with Crippen LogP contribution in [0.25, 0.3) is 5.69 Å². The summed E-state index contributed by atoms with van der Waals surface area (Å²) in [5.74, 6) is 0. The molecule has 116 valence electrons. The lowest BCUT2D eigenvalue weighted by atomic mass is 10.2. The number of non-ortho nitro benzene ring substituents is 1. The molecule has 0 fully saturated rings. The van der Waals surface area contributed by atoms with Gasteiger partial charge in [-0.15, -0.1) is 0 Å². The lowest BCUT2D eigenvalue weighted by molar-refractivity contribution is -0.384. The van der Waals surface area contributed by atoms with Gasteiger partial charge in [-0.05, 0) is 29.8 Å². The summed E-state index contributed by atoms with van der Waals surface area (Å²) in [6.45, 7) is 1.52. The number of benzene rings is 2. The topological polar surface area (TPSA) is 60.1 Å². The van der Waals surface area contributed by atoms with E-state index < -0.39 is 0 Å². The zero-order valence-corrected chi connectivity index (χ0v) is 12.6. The Bertz CT molecular complexity index is 780. The number of nitro groups is 1. The molecule has 3 aromatic rings. The first-order chi connectivity index (χ1) is 11.2. The van der Waals surface area contributed by atoms with Gasteiger partial charge in [0.05, 0.1) is 4.92 Å². The SMILES string of the molecule is O=[N+]([O-])c1ccc(-n2cccc2CNCc2ccccc2)cc1. The zero-order chi connectivity index (χ0) is 16.1. The van der Waals surface area contributed by atoms with Crippen LogP contribution in [0.3, 0.4) is 0 Å². The highest BCUT2D eigenvalue weighted by Crippen LogP contribution is 2.17. The summed E-state index contributed by atoms with van der Waals surface area (Å²) < 4.78 is 2.03. The van der Waals surface area contributed by atoms with E-state index in [0.29, 0.717) is 0 Å². The summed E-state index contributed by atoms with van der Waals surface area (Å²) in [4.78, 5) is 10.3. The molecular formula is C18H17N3O2. The van der Waals surface area contributed by atoms with Crippen molar-refractivity contribution in [1.82, 2.24) is 9.88 Å². The lowest BCUT2D eigenvalue weighted by Crippen LogP contribution is -2.15. The second-order valence-corrected chi connectivity index (χ2v) is 5.23. The Morgan fingerprint density at radius 3 is 2.35 bits per heavy atom. The summed E-state index contributed by atoms with van der Waals surface area (Å²) in [7, 11) is 0. The quantitative estimate of drug-likeness (QED) is 0.558. The maximum atomic E-state index is 10.7. The predicted molar refractivity (Wildman–Crippen MR) is 89.4 cm³/mol. The fraction of sp³-hybridized carbons (Fsp3) is 0.111. The van der Waals surface area contributed by atoms with Crippen LogP contribution in [0, 0.1) is 10.1 Å². The van der Waals surface area contributed by atoms with E-state index in [2.05, 4.69) is 17.4 Å².